The molecule has 0 aromatic heterocycles. The third-order valence-electron chi connectivity index (χ3n) is 2.59. The molecule has 0 amide bonds. The molecule has 0 heterocycles. The van der Waals surface area contributed by atoms with Gasteiger partial charge in [-0.05, 0) is 12.1 Å². The van der Waals surface area contributed by atoms with E-state index in [4.69, 9.17) is 15.2 Å². The maximum absolute atomic E-state index is 12.9. The van der Waals surface area contributed by atoms with Gasteiger partial charge in [0.2, 0.25) is 0 Å². The van der Waals surface area contributed by atoms with Gasteiger partial charge in [-0.2, -0.15) is 13.2 Å². The minimum Gasteiger partial charge on any atom is -0.497 e. The lowest BCUT2D eigenvalue weighted by molar-refractivity contribution is -0.262. The molecule has 7 heteroatoms. The van der Waals surface area contributed by atoms with Gasteiger partial charge < -0.3 is 20.3 Å². The number of nitrogens with two attached hydrogens (primary N) is 1. The van der Waals surface area contributed by atoms with Gasteiger partial charge in [0.25, 0.3) is 0 Å². The Bertz CT molecular complexity index is 400. The molecule has 0 spiro atoms. The minimum absolute atomic E-state index is 0.139. The minimum atomic E-state index is -4.89. The average Bonchev–Trinajstić information content (AvgIpc) is 2.35. The van der Waals surface area contributed by atoms with Crippen LogP contribution in [-0.4, -0.2) is 32.0 Å². The molecule has 1 atom stereocenters. The van der Waals surface area contributed by atoms with Crippen LogP contribution >= 0.6 is 0 Å². The summed E-state index contributed by atoms with van der Waals surface area (Å²) in [5.41, 5.74) is 1.50. The van der Waals surface area contributed by atoms with Crippen LogP contribution < -0.4 is 15.2 Å². The molecule has 3 N–H and O–H groups in total. The highest BCUT2D eigenvalue weighted by atomic mass is 19.4. The zero-order valence-corrected chi connectivity index (χ0v) is 9.91. The molecular weight excluding hydrogens is 251 g/mol. The number of benzene rings is 1. The van der Waals surface area contributed by atoms with Crippen LogP contribution in [-0.2, 0) is 5.60 Å². The van der Waals surface area contributed by atoms with E-state index < -0.39 is 23.9 Å². The average molecular weight is 265 g/mol. The number of rotatable bonds is 4. The molecule has 0 saturated carbocycles. The van der Waals surface area contributed by atoms with E-state index >= 15 is 0 Å². The first kappa shape index (κ1) is 14.6. The lowest BCUT2D eigenvalue weighted by Crippen LogP contribution is -2.48. The van der Waals surface area contributed by atoms with Gasteiger partial charge in [0.15, 0.2) is 5.60 Å². The molecule has 0 saturated heterocycles. The van der Waals surface area contributed by atoms with Crippen molar-refractivity contribution in [2.24, 2.45) is 5.73 Å². The summed E-state index contributed by atoms with van der Waals surface area (Å²) < 4.78 is 48.3. The van der Waals surface area contributed by atoms with Crippen molar-refractivity contribution in [3.8, 4) is 11.5 Å². The third kappa shape index (κ3) is 2.51. The highest BCUT2D eigenvalue weighted by Crippen LogP contribution is 2.40. The quantitative estimate of drug-likeness (QED) is 0.864. The number of hydrogen-bond donors (Lipinski definition) is 2. The summed E-state index contributed by atoms with van der Waals surface area (Å²) in [5.74, 6) is 0.279. The van der Waals surface area contributed by atoms with Gasteiger partial charge in [-0.25, -0.2) is 0 Å². The second-order valence-electron chi connectivity index (χ2n) is 3.66. The largest absolute Gasteiger partial charge is 0.497 e. The van der Waals surface area contributed by atoms with Crippen LogP contribution in [0.5, 0.6) is 11.5 Å². The smallest absolute Gasteiger partial charge is 0.422 e. The monoisotopic (exact) mass is 265 g/mol. The molecule has 0 aliphatic carbocycles. The molecule has 4 nitrogen and oxygen atoms in total. The van der Waals surface area contributed by atoms with Crippen molar-refractivity contribution in [3.63, 3.8) is 0 Å². The van der Waals surface area contributed by atoms with Crippen LogP contribution in [0.2, 0.25) is 0 Å². The summed E-state index contributed by atoms with van der Waals surface area (Å²) in [6.07, 6.45) is -4.89. The van der Waals surface area contributed by atoms with E-state index in [2.05, 4.69) is 0 Å². The fraction of sp³-hybridized carbons (Fsp3) is 0.455. The van der Waals surface area contributed by atoms with E-state index in [1.165, 1.54) is 20.3 Å². The Morgan fingerprint density at radius 3 is 1.83 bits per heavy atom. The molecule has 18 heavy (non-hydrogen) atoms. The third-order valence-corrected chi connectivity index (χ3v) is 2.59. The van der Waals surface area contributed by atoms with E-state index in [0.29, 0.717) is 0 Å². The molecule has 0 aliphatic rings. The Kier molecular flexibility index (Phi) is 4.08. The van der Waals surface area contributed by atoms with Crippen LogP contribution in [0.25, 0.3) is 0 Å². The molecule has 0 aliphatic heterocycles. The number of alkyl halides is 3. The predicted molar refractivity (Wildman–Crippen MR) is 58.6 cm³/mol. The maximum Gasteiger partial charge on any atom is 0.422 e. The summed E-state index contributed by atoms with van der Waals surface area (Å²) in [6, 6.07) is 3.54. The van der Waals surface area contributed by atoms with Gasteiger partial charge in [0.1, 0.15) is 11.5 Å². The van der Waals surface area contributed by atoms with Crippen LogP contribution in [0.15, 0.2) is 18.2 Å². The number of methoxy groups -OCH3 is 2. The van der Waals surface area contributed by atoms with E-state index in [1.54, 1.807) is 0 Å². The van der Waals surface area contributed by atoms with Crippen LogP contribution in [0.4, 0.5) is 13.2 Å². The predicted octanol–water partition coefficient (Wildman–Crippen LogP) is 1.41. The lowest BCUT2D eigenvalue weighted by Gasteiger charge is -2.30. The highest BCUT2D eigenvalue weighted by Gasteiger charge is 2.54. The summed E-state index contributed by atoms with van der Waals surface area (Å²) in [4.78, 5) is 0. The highest BCUT2D eigenvalue weighted by molar-refractivity contribution is 5.41. The number of hydrogen-bond acceptors (Lipinski definition) is 4. The molecule has 1 unspecified atom stereocenters. The zero-order valence-electron chi connectivity index (χ0n) is 9.91. The molecule has 0 fully saturated rings. The van der Waals surface area contributed by atoms with E-state index in [0.717, 1.165) is 12.1 Å². The van der Waals surface area contributed by atoms with Crippen molar-refractivity contribution in [2.75, 3.05) is 20.8 Å². The fourth-order valence-electron chi connectivity index (χ4n) is 1.44. The van der Waals surface area contributed by atoms with Crippen molar-refractivity contribution in [3.05, 3.63) is 23.8 Å². The summed E-state index contributed by atoms with van der Waals surface area (Å²) >= 11 is 0. The fourth-order valence-corrected chi connectivity index (χ4v) is 1.44. The van der Waals surface area contributed by atoms with E-state index in [9.17, 15) is 18.3 Å². The SMILES string of the molecule is COc1cc(OC)cc(C(O)(CN)C(F)(F)F)c1. The number of ether oxygens (including phenoxy) is 2. The number of aliphatic hydroxyl groups is 1. The Labute approximate surface area is 102 Å². The van der Waals surface area contributed by atoms with Crippen LogP contribution in [0.1, 0.15) is 5.56 Å². The first-order valence-corrected chi connectivity index (χ1v) is 5.01. The standard InChI is InChI=1S/C11H14F3NO3/c1-17-8-3-7(4-9(5-8)18-2)10(16,6-15)11(12,13)14/h3-5,16H,6,15H2,1-2H3. The van der Waals surface area contributed by atoms with Gasteiger partial charge in [0.05, 0.1) is 14.2 Å². The van der Waals surface area contributed by atoms with Gasteiger partial charge in [0, 0.05) is 18.2 Å². The van der Waals surface area contributed by atoms with Crippen molar-refractivity contribution in [2.45, 2.75) is 11.8 Å². The van der Waals surface area contributed by atoms with Gasteiger partial charge in [-0.1, -0.05) is 0 Å². The molecule has 0 radical (unpaired) electrons. The number of halogens is 3. The normalized spacial score (nSPS) is 15.1. The van der Waals surface area contributed by atoms with Crippen molar-refractivity contribution in [1.29, 1.82) is 0 Å². The van der Waals surface area contributed by atoms with Crippen molar-refractivity contribution >= 4 is 0 Å². The Balaban J connectivity index is 3.38. The summed E-state index contributed by atoms with van der Waals surface area (Å²) in [5, 5.41) is 9.71. The van der Waals surface area contributed by atoms with E-state index in [-0.39, 0.29) is 11.5 Å². The van der Waals surface area contributed by atoms with Crippen molar-refractivity contribution in [1.82, 2.24) is 0 Å². The summed E-state index contributed by atoms with van der Waals surface area (Å²) in [7, 11) is 2.60. The second kappa shape index (κ2) is 5.03. The topological polar surface area (TPSA) is 64.7 Å². The Morgan fingerprint density at radius 2 is 1.56 bits per heavy atom. The maximum atomic E-state index is 12.9. The molecule has 0 bridgehead atoms. The van der Waals surface area contributed by atoms with Gasteiger partial charge in [-0.15, -0.1) is 0 Å². The zero-order chi connectivity index (χ0) is 14.0. The van der Waals surface area contributed by atoms with Crippen LogP contribution in [0.3, 0.4) is 0 Å². The van der Waals surface area contributed by atoms with Gasteiger partial charge >= 0.3 is 6.18 Å². The second-order valence-corrected chi connectivity index (χ2v) is 3.66. The van der Waals surface area contributed by atoms with Gasteiger partial charge in [-0.3, -0.25) is 0 Å². The Morgan fingerprint density at radius 1 is 1.11 bits per heavy atom. The summed E-state index contributed by atoms with van der Waals surface area (Å²) in [6.45, 7) is -0.993. The Hall–Kier alpha value is -1.47. The molecule has 102 valence electrons. The molecule has 1 rings (SSSR count). The molecule has 1 aromatic rings. The first-order valence-electron chi connectivity index (χ1n) is 5.01. The lowest BCUT2D eigenvalue weighted by atomic mass is 9.93. The molecule has 1 aromatic carbocycles. The molecular formula is C11H14F3NO3. The van der Waals surface area contributed by atoms with E-state index in [1.807, 2.05) is 0 Å². The van der Waals surface area contributed by atoms with Crippen LogP contribution in [0, 0.1) is 0 Å². The first-order chi connectivity index (χ1) is 8.28. The van der Waals surface area contributed by atoms with Crippen molar-refractivity contribution < 1.29 is 27.8 Å².